The van der Waals surface area contributed by atoms with Crippen LogP contribution in [0.2, 0.25) is 0 Å². The summed E-state index contributed by atoms with van der Waals surface area (Å²) in [5.41, 5.74) is 1.06. The van der Waals surface area contributed by atoms with Crippen LogP contribution in [0.3, 0.4) is 0 Å². The Morgan fingerprint density at radius 2 is 2.21 bits per heavy atom. The molecule has 0 saturated heterocycles. The van der Waals surface area contributed by atoms with Gasteiger partial charge in [0, 0.05) is 15.3 Å². The van der Waals surface area contributed by atoms with E-state index < -0.39 is 0 Å². The summed E-state index contributed by atoms with van der Waals surface area (Å²) in [6.07, 6.45) is 2.53. The van der Waals surface area contributed by atoms with E-state index in [1.807, 2.05) is 6.07 Å². The van der Waals surface area contributed by atoms with Crippen molar-refractivity contribution in [2.75, 3.05) is 5.32 Å². The summed E-state index contributed by atoms with van der Waals surface area (Å²) in [6, 6.07) is 5.47. The Morgan fingerprint density at radius 1 is 1.43 bits per heavy atom. The van der Waals surface area contributed by atoms with Crippen LogP contribution in [0.5, 0.6) is 0 Å². The van der Waals surface area contributed by atoms with Crippen molar-refractivity contribution in [2.45, 2.75) is 25.8 Å². The van der Waals surface area contributed by atoms with Crippen molar-refractivity contribution in [1.29, 1.82) is 0 Å². The monoisotopic (exact) mass is 305 g/mol. The summed E-state index contributed by atoms with van der Waals surface area (Å²) >= 11 is 2.16. The molecule has 0 bridgehead atoms. The van der Waals surface area contributed by atoms with E-state index in [0.29, 0.717) is 6.04 Å². The van der Waals surface area contributed by atoms with E-state index in [1.165, 1.54) is 18.9 Å². The Morgan fingerprint density at radius 3 is 2.71 bits per heavy atom. The molecule has 76 valence electrons. The van der Waals surface area contributed by atoms with E-state index in [1.54, 1.807) is 6.07 Å². The summed E-state index contributed by atoms with van der Waals surface area (Å²) < 4.78 is 13.8. The van der Waals surface area contributed by atoms with Gasteiger partial charge in [0.25, 0.3) is 0 Å². The molecule has 2 unspecified atom stereocenters. The average Bonchev–Trinajstić information content (AvgIpc) is 2.14. The topological polar surface area (TPSA) is 12.0 Å². The molecule has 1 aliphatic carbocycles. The number of anilines is 1. The number of benzene rings is 1. The molecule has 0 aliphatic heterocycles. The lowest BCUT2D eigenvalue weighted by Crippen LogP contribution is -2.36. The number of rotatable bonds is 2. The van der Waals surface area contributed by atoms with Gasteiger partial charge in [0.2, 0.25) is 0 Å². The first kappa shape index (κ1) is 10.2. The van der Waals surface area contributed by atoms with E-state index >= 15 is 0 Å². The Balaban J connectivity index is 2.09. The minimum absolute atomic E-state index is 0.165. The number of hydrogen-bond acceptors (Lipinski definition) is 1. The Labute approximate surface area is 97.2 Å². The van der Waals surface area contributed by atoms with E-state index in [0.717, 1.165) is 15.2 Å². The zero-order chi connectivity index (χ0) is 10.1. The molecule has 1 N–H and O–H groups in total. The minimum Gasteiger partial charge on any atom is -0.381 e. The molecule has 3 heteroatoms. The van der Waals surface area contributed by atoms with Crippen molar-refractivity contribution in [3.63, 3.8) is 0 Å². The molecule has 2 atom stereocenters. The zero-order valence-corrected chi connectivity index (χ0v) is 10.2. The van der Waals surface area contributed by atoms with Crippen molar-refractivity contribution < 1.29 is 4.39 Å². The Kier molecular flexibility index (Phi) is 2.95. The number of halogens is 2. The van der Waals surface area contributed by atoms with Gasteiger partial charge in [-0.2, -0.15) is 0 Å². The normalized spacial score (nSPS) is 25.6. The maximum atomic E-state index is 12.8. The average molecular weight is 305 g/mol. The van der Waals surface area contributed by atoms with Crippen LogP contribution in [-0.2, 0) is 0 Å². The summed E-state index contributed by atoms with van der Waals surface area (Å²) in [6.45, 7) is 2.25. The molecule has 1 aromatic carbocycles. The van der Waals surface area contributed by atoms with Crippen LogP contribution in [0.4, 0.5) is 10.1 Å². The predicted octanol–water partition coefficient (Wildman–Crippen LogP) is 3.64. The van der Waals surface area contributed by atoms with E-state index in [4.69, 9.17) is 0 Å². The van der Waals surface area contributed by atoms with Crippen LogP contribution in [0.1, 0.15) is 19.8 Å². The van der Waals surface area contributed by atoms with Gasteiger partial charge in [-0.25, -0.2) is 4.39 Å². The maximum Gasteiger partial charge on any atom is 0.124 e. The highest BCUT2D eigenvalue weighted by Crippen LogP contribution is 2.31. The van der Waals surface area contributed by atoms with E-state index in [9.17, 15) is 4.39 Å². The number of hydrogen-bond donors (Lipinski definition) is 1. The van der Waals surface area contributed by atoms with Crippen LogP contribution in [0.15, 0.2) is 18.2 Å². The highest BCUT2D eigenvalue weighted by atomic mass is 127. The second-order valence-corrected chi connectivity index (χ2v) is 5.09. The molecule has 0 radical (unpaired) electrons. The minimum atomic E-state index is -0.165. The molecule has 0 amide bonds. The van der Waals surface area contributed by atoms with Crippen molar-refractivity contribution in [3.05, 3.63) is 27.6 Å². The van der Waals surface area contributed by atoms with E-state index in [2.05, 4.69) is 34.8 Å². The molecular weight excluding hydrogens is 292 g/mol. The SMILES string of the molecule is CC1CCC1Nc1ccc(F)cc1I. The second-order valence-electron chi connectivity index (χ2n) is 3.93. The first-order valence-corrected chi connectivity index (χ1v) is 5.96. The van der Waals surface area contributed by atoms with Crippen molar-refractivity contribution in [2.24, 2.45) is 5.92 Å². The van der Waals surface area contributed by atoms with Crippen LogP contribution in [0.25, 0.3) is 0 Å². The van der Waals surface area contributed by atoms with Crippen LogP contribution in [-0.4, -0.2) is 6.04 Å². The molecule has 1 aromatic rings. The molecule has 0 spiro atoms. The van der Waals surface area contributed by atoms with Gasteiger partial charge >= 0.3 is 0 Å². The molecule has 1 fully saturated rings. The highest BCUT2D eigenvalue weighted by molar-refractivity contribution is 14.1. The summed E-state index contributed by atoms with van der Waals surface area (Å²) in [7, 11) is 0. The lowest BCUT2D eigenvalue weighted by molar-refractivity contribution is 0.303. The standard InChI is InChI=1S/C11H13FIN/c1-7-2-4-10(7)14-11-5-3-8(12)6-9(11)13/h3,5-7,10,14H,2,4H2,1H3. The first-order chi connectivity index (χ1) is 6.66. The molecule has 1 saturated carbocycles. The molecule has 0 heterocycles. The van der Waals surface area contributed by atoms with Gasteiger partial charge < -0.3 is 5.32 Å². The second kappa shape index (κ2) is 4.04. The smallest absolute Gasteiger partial charge is 0.124 e. The summed E-state index contributed by atoms with van der Waals surface area (Å²) in [4.78, 5) is 0. The number of nitrogens with one attached hydrogen (secondary N) is 1. The lowest BCUT2D eigenvalue weighted by Gasteiger charge is -2.35. The molecular formula is C11H13FIN. The summed E-state index contributed by atoms with van der Waals surface area (Å²) in [5.74, 6) is 0.581. The fourth-order valence-corrected chi connectivity index (χ4v) is 2.32. The van der Waals surface area contributed by atoms with Gasteiger partial charge in [-0.3, -0.25) is 0 Å². The van der Waals surface area contributed by atoms with Crippen LogP contribution >= 0.6 is 22.6 Å². The third-order valence-electron chi connectivity index (χ3n) is 2.89. The molecule has 1 aliphatic rings. The largest absolute Gasteiger partial charge is 0.381 e. The van der Waals surface area contributed by atoms with Gasteiger partial charge in [0.05, 0.1) is 0 Å². The Bertz CT molecular complexity index is 340. The van der Waals surface area contributed by atoms with Crippen LogP contribution < -0.4 is 5.32 Å². The highest BCUT2D eigenvalue weighted by Gasteiger charge is 2.26. The molecule has 1 nitrogen and oxygen atoms in total. The van der Waals surface area contributed by atoms with E-state index in [-0.39, 0.29) is 5.82 Å². The Hall–Kier alpha value is -0.320. The zero-order valence-electron chi connectivity index (χ0n) is 8.06. The van der Waals surface area contributed by atoms with Crippen molar-refractivity contribution in [1.82, 2.24) is 0 Å². The molecule has 14 heavy (non-hydrogen) atoms. The maximum absolute atomic E-state index is 12.8. The van der Waals surface area contributed by atoms with Crippen molar-refractivity contribution >= 4 is 28.3 Å². The quantitative estimate of drug-likeness (QED) is 0.823. The van der Waals surface area contributed by atoms with Gasteiger partial charge in [0.15, 0.2) is 0 Å². The first-order valence-electron chi connectivity index (χ1n) is 4.88. The van der Waals surface area contributed by atoms with Gasteiger partial charge in [-0.15, -0.1) is 0 Å². The molecule has 2 rings (SSSR count). The van der Waals surface area contributed by atoms with Gasteiger partial charge in [-0.05, 0) is 59.5 Å². The van der Waals surface area contributed by atoms with Gasteiger partial charge in [-0.1, -0.05) is 6.92 Å². The van der Waals surface area contributed by atoms with Crippen molar-refractivity contribution in [3.8, 4) is 0 Å². The third-order valence-corrected chi connectivity index (χ3v) is 3.78. The fraction of sp³-hybridized carbons (Fsp3) is 0.455. The van der Waals surface area contributed by atoms with Crippen LogP contribution in [0, 0.1) is 15.3 Å². The third kappa shape index (κ3) is 2.02. The lowest BCUT2D eigenvalue weighted by atomic mass is 9.81. The summed E-state index contributed by atoms with van der Waals surface area (Å²) in [5, 5.41) is 3.45. The fourth-order valence-electron chi connectivity index (χ4n) is 1.69. The predicted molar refractivity (Wildman–Crippen MR) is 64.9 cm³/mol. The van der Waals surface area contributed by atoms with Gasteiger partial charge in [0.1, 0.15) is 5.82 Å². The molecule has 0 aromatic heterocycles.